The van der Waals surface area contributed by atoms with Crippen molar-refractivity contribution in [2.24, 2.45) is 0 Å². The summed E-state index contributed by atoms with van der Waals surface area (Å²) in [5.74, 6) is 1.31. The lowest BCUT2D eigenvalue weighted by atomic mass is 10.4. The fraction of sp³-hybridized carbons (Fsp3) is 0.800. The second-order valence-corrected chi connectivity index (χ2v) is 5.28. The first-order valence-electron chi connectivity index (χ1n) is 5.61. The SMILES string of the molecule is CCC(C)SCc1noc(CNCC(F)(F)F)n1. The van der Waals surface area contributed by atoms with Crippen LogP contribution in [0.1, 0.15) is 32.0 Å². The number of nitrogens with one attached hydrogen (secondary N) is 1. The van der Waals surface area contributed by atoms with Gasteiger partial charge >= 0.3 is 6.18 Å². The molecule has 1 atom stereocenters. The quantitative estimate of drug-likeness (QED) is 0.834. The molecule has 1 N–H and O–H groups in total. The molecule has 1 rings (SSSR count). The number of aromatic nitrogens is 2. The Morgan fingerprint density at radius 2 is 2.17 bits per heavy atom. The summed E-state index contributed by atoms with van der Waals surface area (Å²) in [6.45, 7) is 3.05. The van der Waals surface area contributed by atoms with Gasteiger partial charge in [0.1, 0.15) is 0 Å². The number of alkyl halides is 3. The summed E-state index contributed by atoms with van der Waals surface area (Å²) in [4.78, 5) is 4.01. The molecule has 0 amide bonds. The molecule has 0 saturated heterocycles. The molecule has 8 heteroatoms. The molecule has 0 aromatic carbocycles. The summed E-state index contributed by atoms with van der Waals surface area (Å²) in [6.07, 6.45) is -3.18. The van der Waals surface area contributed by atoms with Gasteiger partial charge in [0.25, 0.3) is 0 Å². The Hall–Kier alpha value is -0.760. The summed E-state index contributed by atoms with van der Waals surface area (Å²) in [6, 6.07) is 0. The smallest absolute Gasteiger partial charge is 0.338 e. The van der Waals surface area contributed by atoms with Gasteiger partial charge in [-0.15, -0.1) is 0 Å². The Morgan fingerprint density at radius 1 is 1.44 bits per heavy atom. The van der Waals surface area contributed by atoms with Crippen LogP contribution in [0.2, 0.25) is 0 Å². The van der Waals surface area contributed by atoms with E-state index in [2.05, 4.69) is 29.3 Å². The first-order chi connectivity index (χ1) is 8.40. The van der Waals surface area contributed by atoms with Crippen molar-refractivity contribution >= 4 is 11.8 Å². The second-order valence-electron chi connectivity index (χ2n) is 3.85. The van der Waals surface area contributed by atoms with Crippen LogP contribution in [-0.4, -0.2) is 28.1 Å². The Kier molecular flexibility index (Phi) is 5.94. The van der Waals surface area contributed by atoms with E-state index in [1.807, 2.05) is 0 Å². The predicted molar refractivity (Wildman–Crippen MR) is 63.1 cm³/mol. The van der Waals surface area contributed by atoms with Crippen molar-refractivity contribution in [2.75, 3.05) is 6.54 Å². The lowest BCUT2D eigenvalue weighted by Gasteiger charge is -2.05. The van der Waals surface area contributed by atoms with Gasteiger partial charge in [0.2, 0.25) is 5.89 Å². The largest absolute Gasteiger partial charge is 0.401 e. The van der Waals surface area contributed by atoms with Gasteiger partial charge in [-0.2, -0.15) is 29.9 Å². The molecule has 1 aromatic rings. The summed E-state index contributed by atoms with van der Waals surface area (Å²) in [5, 5.41) is 6.41. The van der Waals surface area contributed by atoms with Gasteiger partial charge in [-0.3, -0.25) is 0 Å². The molecule has 1 aromatic heterocycles. The molecular formula is C10H16F3N3OS. The van der Waals surface area contributed by atoms with E-state index in [0.29, 0.717) is 16.8 Å². The Morgan fingerprint density at radius 3 is 2.78 bits per heavy atom. The van der Waals surface area contributed by atoms with E-state index in [1.54, 1.807) is 11.8 Å². The first kappa shape index (κ1) is 15.3. The number of nitrogens with zero attached hydrogens (tertiary/aromatic N) is 2. The van der Waals surface area contributed by atoms with Gasteiger partial charge in [-0.05, 0) is 6.42 Å². The molecule has 0 aliphatic heterocycles. The van der Waals surface area contributed by atoms with Crippen molar-refractivity contribution in [2.45, 2.75) is 44.0 Å². The van der Waals surface area contributed by atoms with E-state index in [0.717, 1.165) is 6.42 Å². The van der Waals surface area contributed by atoms with Gasteiger partial charge in [0.15, 0.2) is 5.82 Å². The predicted octanol–water partition coefficient (Wildman–Crippen LogP) is 2.75. The number of halogens is 3. The minimum atomic E-state index is -4.23. The minimum absolute atomic E-state index is 0.0689. The fourth-order valence-electron chi connectivity index (χ4n) is 1.07. The maximum absolute atomic E-state index is 11.9. The molecule has 0 aliphatic rings. The average Bonchev–Trinajstić information content (AvgIpc) is 2.72. The van der Waals surface area contributed by atoms with Gasteiger partial charge in [-0.1, -0.05) is 19.0 Å². The molecule has 0 bridgehead atoms. The summed E-state index contributed by atoms with van der Waals surface area (Å²) >= 11 is 1.69. The van der Waals surface area contributed by atoms with Crippen LogP contribution in [0.5, 0.6) is 0 Å². The third kappa shape index (κ3) is 6.25. The lowest BCUT2D eigenvalue weighted by molar-refractivity contribution is -0.125. The molecule has 104 valence electrons. The molecule has 0 saturated carbocycles. The van der Waals surface area contributed by atoms with Crippen LogP contribution >= 0.6 is 11.8 Å². The zero-order chi connectivity index (χ0) is 13.6. The normalized spacial score (nSPS) is 13.8. The van der Waals surface area contributed by atoms with Crippen LogP contribution in [0.15, 0.2) is 4.52 Å². The third-order valence-electron chi connectivity index (χ3n) is 2.18. The first-order valence-corrected chi connectivity index (χ1v) is 6.66. The average molecular weight is 283 g/mol. The lowest BCUT2D eigenvalue weighted by Crippen LogP contribution is -2.28. The molecule has 4 nitrogen and oxygen atoms in total. The van der Waals surface area contributed by atoms with Crippen molar-refractivity contribution < 1.29 is 17.7 Å². The molecular weight excluding hydrogens is 267 g/mol. The standard InChI is InChI=1S/C10H16F3N3OS/c1-3-7(2)18-5-8-15-9(17-16-8)4-14-6-10(11,12)13/h7,14H,3-6H2,1-2H3. The summed E-state index contributed by atoms with van der Waals surface area (Å²) in [5.41, 5.74) is 0. The van der Waals surface area contributed by atoms with Gasteiger partial charge < -0.3 is 9.84 Å². The van der Waals surface area contributed by atoms with Gasteiger partial charge in [0.05, 0.1) is 18.8 Å². The van der Waals surface area contributed by atoms with Crippen LogP contribution in [0.3, 0.4) is 0 Å². The molecule has 0 aliphatic carbocycles. The minimum Gasteiger partial charge on any atom is -0.338 e. The van der Waals surface area contributed by atoms with E-state index in [4.69, 9.17) is 4.52 Å². The summed E-state index contributed by atoms with van der Waals surface area (Å²) in [7, 11) is 0. The molecule has 0 radical (unpaired) electrons. The Labute approximate surface area is 108 Å². The van der Waals surface area contributed by atoms with E-state index in [-0.39, 0.29) is 12.4 Å². The third-order valence-corrected chi connectivity index (χ3v) is 3.51. The number of hydrogen-bond donors (Lipinski definition) is 1. The van der Waals surface area contributed by atoms with Gasteiger partial charge in [-0.25, -0.2) is 0 Å². The number of thioether (sulfide) groups is 1. The Bertz CT molecular complexity index is 356. The number of hydrogen-bond acceptors (Lipinski definition) is 5. The van der Waals surface area contributed by atoms with Crippen LogP contribution in [0.4, 0.5) is 13.2 Å². The molecule has 0 spiro atoms. The molecule has 18 heavy (non-hydrogen) atoms. The van der Waals surface area contributed by atoms with Crippen LogP contribution in [-0.2, 0) is 12.3 Å². The van der Waals surface area contributed by atoms with Crippen molar-refractivity contribution in [1.29, 1.82) is 0 Å². The van der Waals surface area contributed by atoms with Crippen LogP contribution in [0, 0.1) is 0 Å². The number of rotatable bonds is 7. The maximum Gasteiger partial charge on any atom is 0.401 e. The van der Waals surface area contributed by atoms with Crippen molar-refractivity contribution in [3.05, 3.63) is 11.7 Å². The highest BCUT2D eigenvalue weighted by Crippen LogP contribution is 2.18. The Balaban J connectivity index is 2.30. The van der Waals surface area contributed by atoms with Crippen LogP contribution < -0.4 is 5.32 Å². The highest BCUT2D eigenvalue weighted by Gasteiger charge is 2.26. The summed E-state index contributed by atoms with van der Waals surface area (Å²) < 4.78 is 40.5. The zero-order valence-electron chi connectivity index (χ0n) is 10.3. The highest BCUT2D eigenvalue weighted by molar-refractivity contribution is 7.99. The van der Waals surface area contributed by atoms with Crippen molar-refractivity contribution in [1.82, 2.24) is 15.5 Å². The van der Waals surface area contributed by atoms with E-state index < -0.39 is 12.7 Å². The van der Waals surface area contributed by atoms with E-state index >= 15 is 0 Å². The van der Waals surface area contributed by atoms with Crippen molar-refractivity contribution in [3.63, 3.8) is 0 Å². The van der Waals surface area contributed by atoms with Crippen molar-refractivity contribution in [3.8, 4) is 0 Å². The van der Waals surface area contributed by atoms with Crippen LogP contribution in [0.25, 0.3) is 0 Å². The zero-order valence-corrected chi connectivity index (χ0v) is 11.1. The maximum atomic E-state index is 11.9. The second kappa shape index (κ2) is 6.98. The molecule has 1 unspecified atom stereocenters. The van der Waals surface area contributed by atoms with E-state index in [1.165, 1.54) is 0 Å². The highest BCUT2D eigenvalue weighted by atomic mass is 32.2. The fourth-order valence-corrected chi connectivity index (χ4v) is 1.85. The molecule has 1 heterocycles. The molecule has 0 fully saturated rings. The van der Waals surface area contributed by atoms with Gasteiger partial charge in [0, 0.05) is 5.25 Å². The topological polar surface area (TPSA) is 51.0 Å². The monoisotopic (exact) mass is 283 g/mol. The van der Waals surface area contributed by atoms with E-state index in [9.17, 15) is 13.2 Å².